The van der Waals surface area contributed by atoms with Gasteiger partial charge in [0.2, 0.25) is 0 Å². The largest absolute Gasteiger partial charge is 0.317 e. The van der Waals surface area contributed by atoms with Gasteiger partial charge < -0.3 is 5.32 Å². The van der Waals surface area contributed by atoms with Crippen molar-refractivity contribution in [3.63, 3.8) is 0 Å². The fourth-order valence-electron chi connectivity index (χ4n) is 4.11. The highest BCUT2D eigenvalue weighted by atomic mass is 32.1. The van der Waals surface area contributed by atoms with E-state index >= 15 is 0 Å². The smallest absolute Gasteiger partial charge is 0.267 e. The summed E-state index contributed by atoms with van der Waals surface area (Å²) in [5.74, 6) is -3.63. The number of hydrogen-bond donors (Lipinski definition) is 1. The minimum atomic E-state index is -1.54. The van der Waals surface area contributed by atoms with Gasteiger partial charge >= 0.3 is 0 Å². The van der Waals surface area contributed by atoms with Gasteiger partial charge in [0.25, 0.3) is 5.56 Å². The Morgan fingerprint density at radius 1 is 1.00 bits per heavy atom. The molecule has 34 heavy (non-hydrogen) atoms. The summed E-state index contributed by atoms with van der Waals surface area (Å²) in [5.41, 5.74) is 1.64. The molecule has 0 bridgehead atoms. The lowest BCUT2D eigenvalue weighted by Gasteiger charge is -2.20. The summed E-state index contributed by atoms with van der Waals surface area (Å²) >= 11 is 1.69. The van der Waals surface area contributed by atoms with Crippen LogP contribution in [-0.4, -0.2) is 27.9 Å². The third-order valence-corrected chi connectivity index (χ3v) is 7.13. The van der Waals surface area contributed by atoms with Crippen LogP contribution in [0, 0.1) is 17.5 Å². The zero-order chi connectivity index (χ0) is 23.7. The molecule has 1 N–H and O–H groups in total. The van der Waals surface area contributed by atoms with Crippen molar-refractivity contribution in [1.29, 1.82) is 0 Å². The maximum Gasteiger partial charge on any atom is 0.267 e. The third-order valence-electron chi connectivity index (χ3n) is 5.92. The van der Waals surface area contributed by atoms with Crippen LogP contribution in [0.5, 0.6) is 0 Å². The Bertz CT molecular complexity index is 1370. The van der Waals surface area contributed by atoms with Crippen LogP contribution in [0.2, 0.25) is 0 Å². The predicted molar refractivity (Wildman–Crippen MR) is 125 cm³/mol. The van der Waals surface area contributed by atoms with E-state index in [1.165, 1.54) is 21.7 Å². The molecule has 0 amide bonds. The molecule has 4 aromatic rings. The Labute approximate surface area is 197 Å². The molecule has 5 nitrogen and oxygen atoms in total. The van der Waals surface area contributed by atoms with Crippen LogP contribution in [0.3, 0.4) is 0 Å². The summed E-state index contributed by atoms with van der Waals surface area (Å²) in [5, 5.41) is 8.54. The second kappa shape index (κ2) is 9.52. The number of nitrogens with zero attached hydrogens (tertiary/aromatic N) is 3. The zero-order valence-electron chi connectivity index (χ0n) is 18.1. The quantitative estimate of drug-likeness (QED) is 0.408. The normalized spacial score (nSPS) is 14.4. The minimum Gasteiger partial charge on any atom is -0.317 e. The van der Waals surface area contributed by atoms with Gasteiger partial charge in [0.05, 0.1) is 12.2 Å². The summed E-state index contributed by atoms with van der Waals surface area (Å²) in [7, 11) is 0. The van der Waals surface area contributed by atoms with Crippen LogP contribution < -0.4 is 10.9 Å². The van der Waals surface area contributed by atoms with E-state index in [2.05, 4.69) is 15.4 Å². The topological polar surface area (TPSA) is 59.8 Å². The molecule has 0 radical (unpaired) electrons. The first-order valence-corrected chi connectivity index (χ1v) is 11.8. The van der Waals surface area contributed by atoms with Crippen molar-refractivity contribution in [1.82, 2.24) is 20.1 Å². The van der Waals surface area contributed by atoms with E-state index in [4.69, 9.17) is 0 Å². The van der Waals surface area contributed by atoms with Crippen molar-refractivity contribution in [2.45, 2.75) is 25.3 Å². The maximum atomic E-state index is 13.7. The second-order valence-corrected chi connectivity index (χ2v) is 9.32. The van der Waals surface area contributed by atoms with Gasteiger partial charge in [0.1, 0.15) is 5.01 Å². The molecule has 9 heteroatoms. The molecule has 1 aliphatic rings. The average molecular weight is 483 g/mol. The Morgan fingerprint density at radius 2 is 1.76 bits per heavy atom. The van der Waals surface area contributed by atoms with Crippen molar-refractivity contribution in [3.8, 4) is 21.8 Å². The van der Waals surface area contributed by atoms with Gasteiger partial charge in [-0.25, -0.2) is 22.8 Å². The number of benzene rings is 2. The Morgan fingerprint density at radius 3 is 2.53 bits per heavy atom. The summed E-state index contributed by atoms with van der Waals surface area (Å²) in [6.45, 7) is 2.20. The van der Waals surface area contributed by atoms with Gasteiger partial charge in [-0.1, -0.05) is 18.2 Å². The van der Waals surface area contributed by atoms with E-state index in [9.17, 15) is 18.0 Å². The second-order valence-electron chi connectivity index (χ2n) is 8.26. The van der Waals surface area contributed by atoms with Crippen molar-refractivity contribution in [2.24, 2.45) is 0 Å². The standard InChI is InChI=1S/C25H21F3N4OS/c26-19-11-18(12-20(27)24(19)28)21-4-5-23(33)32(31-21)14-15-2-1-3-17(10-15)25-30-13-22(34-25)16-6-8-29-9-7-16/h1-5,10-13,16,29H,6-9,14H2. The van der Waals surface area contributed by atoms with E-state index < -0.39 is 17.5 Å². The molecule has 0 saturated carbocycles. The molecule has 0 aliphatic carbocycles. The van der Waals surface area contributed by atoms with E-state index in [0.717, 1.165) is 54.2 Å². The first-order chi connectivity index (χ1) is 16.5. The molecule has 1 aliphatic heterocycles. The van der Waals surface area contributed by atoms with Crippen molar-refractivity contribution in [2.75, 3.05) is 13.1 Å². The van der Waals surface area contributed by atoms with Crippen molar-refractivity contribution < 1.29 is 13.2 Å². The number of aromatic nitrogens is 3. The van der Waals surface area contributed by atoms with E-state index in [1.807, 2.05) is 30.5 Å². The van der Waals surface area contributed by atoms with Crippen molar-refractivity contribution in [3.05, 3.63) is 93.0 Å². The van der Waals surface area contributed by atoms with Gasteiger partial charge in [0, 0.05) is 28.3 Å². The lowest BCUT2D eigenvalue weighted by Crippen LogP contribution is -2.26. The van der Waals surface area contributed by atoms with Crippen LogP contribution in [0.15, 0.2) is 59.5 Å². The molecule has 1 saturated heterocycles. The monoisotopic (exact) mass is 482 g/mol. The number of hydrogen-bond acceptors (Lipinski definition) is 5. The summed E-state index contributed by atoms with van der Waals surface area (Å²) < 4.78 is 41.8. The maximum absolute atomic E-state index is 13.7. The molecule has 2 aromatic carbocycles. The number of rotatable bonds is 5. The molecular weight excluding hydrogens is 461 g/mol. The van der Waals surface area contributed by atoms with Gasteiger partial charge in [-0.05, 0) is 61.7 Å². The summed E-state index contributed by atoms with van der Waals surface area (Å²) in [4.78, 5) is 18.3. The molecule has 5 rings (SSSR count). The SMILES string of the molecule is O=c1ccc(-c2cc(F)c(F)c(F)c2)nn1Cc1cccc(-c2ncc(C3CCNCC3)s2)c1. The highest BCUT2D eigenvalue weighted by Crippen LogP contribution is 2.34. The molecule has 2 aromatic heterocycles. The number of piperidine rings is 1. The number of nitrogens with one attached hydrogen (secondary N) is 1. The molecule has 0 unspecified atom stereocenters. The average Bonchev–Trinajstić information content (AvgIpc) is 3.35. The van der Waals surface area contributed by atoms with Gasteiger partial charge in [0.15, 0.2) is 17.5 Å². The number of halogens is 3. The highest BCUT2D eigenvalue weighted by Gasteiger charge is 2.18. The predicted octanol–water partition coefficient (Wildman–Crippen LogP) is 4.97. The zero-order valence-corrected chi connectivity index (χ0v) is 18.9. The summed E-state index contributed by atoms with van der Waals surface area (Å²) in [6.07, 6.45) is 4.17. The lowest BCUT2D eigenvalue weighted by atomic mass is 9.97. The number of thiazole rings is 1. The molecule has 3 heterocycles. The molecule has 0 spiro atoms. The van der Waals surface area contributed by atoms with E-state index in [0.29, 0.717) is 5.92 Å². The minimum absolute atomic E-state index is 0.0483. The first-order valence-electron chi connectivity index (χ1n) is 11.0. The van der Waals surface area contributed by atoms with Crippen LogP contribution in [0.4, 0.5) is 13.2 Å². The lowest BCUT2D eigenvalue weighted by molar-refractivity contribution is 0.447. The van der Waals surface area contributed by atoms with Crippen LogP contribution in [0.1, 0.15) is 29.2 Å². The van der Waals surface area contributed by atoms with Crippen LogP contribution in [-0.2, 0) is 6.54 Å². The molecule has 1 fully saturated rings. The fourth-order valence-corrected chi connectivity index (χ4v) is 5.19. The van der Waals surface area contributed by atoms with Gasteiger partial charge in [-0.3, -0.25) is 4.79 Å². The van der Waals surface area contributed by atoms with Crippen LogP contribution >= 0.6 is 11.3 Å². The third kappa shape index (κ3) is 4.67. The molecule has 174 valence electrons. The first kappa shape index (κ1) is 22.5. The van der Waals surface area contributed by atoms with Crippen molar-refractivity contribution >= 4 is 11.3 Å². The summed E-state index contributed by atoms with van der Waals surface area (Å²) in [6, 6.07) is 12.1. The Kier molecular flexibility index (Phi) is 6.30. The fraction of sp³-hybridized carbons (Fsp3) is 0.240. The van der Waals surface area contributed by atoms with Gasteiger partial charge in [-0.2, -0.15) is 5.10 Å². The van der Waals surface area contributed by atoms with E-state index in [-0.39, 0.29) is 23.4 Å². The van der Waals surface area contributed by atoms with E-state index in [1.54, 1.807) is 11.3 Å². The highest BCUT2D eigenvalue weighted by molar-refractivity contribution is 7.15. The Hall–Kier alpha value is -3.30. The van der Waals surface area contributed by atoms with Gasteiger partial charge in [-0.15, -0.1) is 11.3 Å². The Balaban J connectivity index is 1.40. The molecular formula is C25H21F3N4OS. The molecule has 0 atom stereocenters. The van der Waals surface area contributed by atoms with Crippen LogP contribution in [0.25, 0.3) is 21.8 Å².